The number of halogens is 1. The van der Waals surface area contributed by atoms with Crippen molar-refractivity contribution in [2.75, 3.05) is 7.05 Å². The molecule has 0 aliphatic carbocycles. The Balaban J connectivity index is 0.00000338. The van der Waals surface area contributed by atoms with E-state index in [1.54, 1.807) is 19.1 Å². The fourth-order valence-corrected chi connectivity index (χ4v) is 3.17. The summed E-state index contributed by atoms with van der Waals surface area (Å²) in [6, 6.07) is 12.7. The zero-order chi connectivity index (χ0) is 18.6. The van der Waals surface area contributed by atoms with Crippen molar-refractivity contribution in [3.8, 4) is 0 Å². The molecular weight excluding hydrogens is 374 g/mol. The van der Waals surface area contributed by atoms with Crippen LogP contribution in [0.25, 0.3) is 0 Å². The number of benzene rings is 2. The molecule has 2 atom stereocenters. The molecule has 26 heavy (non-hydrogen) atoms. The highest BCUT2D eigenvalue weighted by atomic mass is 35.5. The first-order valence-corrected chi connectivity index (χ1v) is 9.39. The van der Waals surface area contributed by atoms with Gasteiger partial charge >= 0.3 is 0 Å². The van der Waals surface area contributed by atoms with Crippen LogP contribution in [0.5, 0.6) is 0 Å². The van der Waals surface area contributed by atoms with Gasteiger partial charge in [0.1, 0.15) is 6.04 Å². The number of aryl methyl sites for hydroxylation is 1. The minimum Gasteiger partial charge on any atom is -0.348 e. The van der Waals surface area contributed by atoms with Gasteiger partial charge in [0, 0.05) is 0 Å². The van der Waals surface area contributed by atoms with Crippen LogP contribution in [0.15, 0.2) is 53.4 Å². The molecule has 0 aliphatic heterocycles. The van der Waals surface area contributed by atoms with E-state index in [0.717, 1.165) is 11.1 Å². The summed E-state index contributed by atoms with van der Waals surface area (Å²) >= 11 is 0. The minimum absolute atomic E-state index is 0. The molecule has 0 radical (unpaired) electrons. The summed E-state index contributed by atoms with van der Waals surface area (Å²) in [6.45, 7) is 3.74. The SMILES string of the molecule is CNS(=O)(=O)c1cccc(C(C)NC(=O)C(N)c2ccc(C)cc2)c1.Cl. The highest BCUT2D eigenvalue weighted by molar-refractivity contribution is 7.89. The predicted molar refractivity (Wildman–Crippen MR) is 105 cm³/mol. The summed E-state index contributed by atoms with van der Waals surface area (Å²) < 4.78 is 26.1. The predicted octanol–water partition coefficient (Wildman–Crippen LogP) is 2.20. The van der Waals surface area contributed by atoms with Crippen LogP contribution >= 0.6 is 12.4 Å². The smallest absolute Gasteiger partial charge is 0.241 e. The van der Waals surface area contributed by atoms with E-state index >= 15 is 0 Å². The highest BCUT2D eigenvalue weighted by Gasteiger charge is 2.19. The first-order valence-electron chi connectivity index (χ1n) is 7.90. The van der Waals surface area contributed by atoms with Gasteiger partial charge in [-0.3, -0.25) is 4.79 Å². The maximum absolute atomic E-state index is 12.4. The summed E-state index contributed by atoms with van der Waals surface area (Å²) in [4.78, 5) is 12.5. The van der Waals surface area contributed by atoms with E-state index in [2.05, 4.69) is 10.0 Å². The van der Waals surface area contributed by atoms with Crippen molar-refractivity contribution in [1.29, 1.82) is 0 Å². The lowest BCUT2D eigenvalue weighted by Gasteiger charge is -2.19. The second kappa shape index (κ2) is 9.14. The number of carbonyl (C=O) groups is 1. The van der Waals surface area contributed by atoms with Crippen molar-refractivity contribution in [2.45, 2.75) is 30.8 Å². The molecule has 0 aliphatic rings. The molecule has 2 rings (SSSR count). The molecule has 142 valence electrons. The van der Waals surface area contributed by atoms with Crippen molar-refractivity contribution >= 4 is 28.3 Å². The van der Waals surface area contributed by atoms with E-state index in [-0.39, 0.29) is 29.3 Å². The Morgan fingerprint density at radius 1 is 1.08 bits per heavy atom. The van der Waals surface area contributed by atoms with E-state index in [4.69, 9.17) is 5.73 Å². The van der Waals surface area contributed by atoms with Gasteiger partial charge in [-0.25, -0.2) is 13.1 Å². The summed E-state index contributed by atoms with van der Waals surface area (Å²) in [5.41, 5.74) is 8.51. The summed E-state index contributed by atoms with van der Waals surface area (Å²) in [7, 11) is -2.18. The van der Waals surface area contributed by atoms with E-state index in [1.807, 2.05) is 31.2 Å². The van der Waals surface area contributed by atoms with E-state index < -0.39 is 16.1 Å². The molecule has 0 fully saturated rings. The molecule has 0 spiro atoms. The minimum atomic E-state index is -3.53. The lowest BCUT2D eigenvalue weighted by molar-refractivity contribution is -0.123. The quantitative estimate of drug-likeness (QED) is 0.695. The molecule has 0 bridgehead atoms. The Bertz CT molecular complexity index is 854. The van der Waals surface area contributed by atoms with Gasteiger partial charge in [0.2, 0.25) is 15.9 Å². The third kappa shape index (κ3) is 5.28. The molecule has 1 amide bonds. The number of nitrogens with one attached hydrogen (secondary N) is 2. The monoisotopic (exact) mass is 397 g/mol. The number of hydrogen-bond donors (Lipinski definition) is 3. The Labute approximate surface area is 160 Å². The Morgan fingerprint density at radius 3 is 2.27 bits per heavy atom. The number of rotatable bonds is 6. The van der Waals surface area contributed by atoms with Crippen LogP contribution in [0.1, 0.15) is 35.7 Å². The molecule has 2 unspecified atom stereocenters. The number of sulfonamides is 1. The van der Waals surface area contributed by atoms with Crippen LogP contribution in [-0.2, 0) is 14.8 Å². The second-order valence-corrected chi connectivity index (χ2v) is 7.79. The van der Waals surface area contributed by atoms with Crippen LogP contribution in [0.2, 0.25) is 0 Å². The maximum atomic E-state index is 12.4. The van der Waals surface area contributed by atoms with Crippen molar-refractivity contribution in [3.05, 3.63) is 65.2 Å². The summed E-state index contributed by atoms with van der Waals surface area (Å²) in [5, 5.41) is 2.83. The molecule has 2 aromatic carbocycles. The topological polar surface area (TPSA) is 101 Å². The summed E-state index contributed by atoms with van der Waals surface area (Å²) in [6.07, 6.45) is 0. The van der Waals surface area contributed by atoms with Gasteiger partial charge in [-0.2, -0.15) is 0 Å². The van der Waals surface area contributed by atoms with Crippen molar-refractivity contribution in [3.63, 3.8) is 0 Å². The average Bonchev–Trinajstić information content (AvgIpc) is 2.61. The second-order valence-electron chi connectivity index (χ2n) is 5.90. The molecule has 8 heteroatoms. The Morgan fingerprint density at radius 2 is 1.69 bits per heavy atom. The van der Waals surface area contributed by atoms with Gasteiger partial charge in [-0.1, -0.05) is 42.0 Å². The van der Waals surface area contributed by atoms with Gasteiger partial charge in [-0.05, 0) is 44.2 Å². The number of carbonyl (C=O) groups excluding carboxylic acids is 1. The molecule has 0 saturated carbocycles. The average molecular weight is 398 g/mol. The Kier molecular flexibility index (Phi) is 7.77. The largest absolute Gasteiger partial charge is 0.348 e. The Hall–Kier alpha value is -1.93. The fourth-order valence-electron chi connectivity index (χ4n) is 2.38. The zero-order valence-corrected chi connectivity index (χ0v) is 16.5. The fraction of sp³-hybridized carbons (Fsp3) is 0.278. The molecule has 0 aromatic heterocycles. The number of amides is 1. The maximum Gasteiger partial charge on any atom is 0.241 e. The van der Waals surface area contributed by atoms with Gasteiger partial charge in [0.15, 0.2) is 0 Å². The third-order valence-electron chi connectivity index (χ3n) is 4.01. The van der Waals surface area contributed by atoms with E-state index in [1.165, 1.54) is 19.2 Å². The molecular formula is C18H24ClN3O3S. The van der Waals surface area contributed by atoms with Gasteiger partial charge in [-0.15, -0.1) is 12.4 Å². The lowest BCUT2D eigenvalue weighted by atomic mass is 10.0. The highest BCUT2D eigenvalue weighted by Crippen LogP contribution is 2.19. The third-order valence-corrected chi connectivity index (χ3v) is 5.43. The number of hydrogen-bond acceptors (Lipinski definition) is 4. The van der Waals surface area contributed by atoms with Crippen LogP contribution < -0.4 is 15.8 Å². The van der Waals surface area contributed by atoms with Crippen LogP contribution in [-0.4, -0.2) is 21.4 Å². The van der Waals surface area contributed by atoms with Crippen molar-refractivity contribution in [1.82, 2.24) is 10.0 Å². The van der Waals surface area contributed by atoms with E-state index in [9.17, 15) is 13.2 Å². The molecule has 4 N–H and O–H groups in total. The molecule has 6 nitrogen and oxygen atoms in total. The van der Waals surface area contributed by atoms with Crippen LogP contribution in [0, 0.1) is 6.92 Å². The first kappa shape index (κ1) is 22.1. The summed E-state index contributed by atoms with van der Waals surface area (Å²) in [5.74, 6) is -0.321. The molecule has 0 saturated heterocycles. The molecule has 0 heterocycles. The van der Waals surface area contributed by atoms with Gasteiger partial charge in [0.25, 0.3) is 0 Å². The van der Waals surface area contributed by atoms with Gasteiger partial charge < -0.3 is 11.1 Å². The number of nitrogens with two attached hydrogens (primary N) is 1. The zero-order valence-electron chi connectivity index (χ0n) is 14.9. The van der Waals surface area contributed by atoms with Gasteiger partial charge in [0.05, 0.1) is 10.9 Å². The molecule has 2 aromatic rings. The first-order chi connectivity index (χ1) is 11.7. The van der Waals surface area contributed by atoms with Crippen LogP contribution in [0.4, 0.5) is 0 Å². The lowest BCUT2D eigenvalue weighted by Crippen LogP contribution is -2.35. The normalized spacial score (nSPS) is 13.4. The van der Waals surface area contributed by atoms with Crippen LogP contribution in [0.3, 0.4) is 0 Å². The van der Waals surface area contributed by atoms with E-state index in [0.29, 0.717) is 5.56 Å². The standard InChI is InChI=1S/C18H23N3O3S.ClH/c1-12-7-9-14(10-8-12)17(19)18(22)21-13(2)15-5-4-6-16(11-15)25(23,24)20-3;/h4-11,13,17,20H,19H2,1-3H3,(H,21,22);1H. The van der Waals surface area contributed by atoms with Crippen molar-refractivity contribution in [2.24, 2.45) is 5.73 Å². The van der Waals surface area contributed by atoms with Crippen molar-refractivity contribution < 1.29 is 13.2 Å².